The zero-order valence-electron chi connectivity index (χ0n) is 10.6. The number of nitrogens with two attached hydrogens (primary N) is 1. The SMILES string of the molecule is CC(Nc1ccccc1Cl)(C(N)=O)C1CCCC1. The lowest BCUT2D eigenvalue weighted by molar-refractivity contribution is -0.123. The summed E-state index contributed by atoms with van der Waals surface area (Å²) in [5, 5.41) is 3.87. The number of anilines is 1. The molecular formula is C14H19ClN2O. The van der Waals surface area contributed by atoms with Crippen LogP contribution >= 0.6 is 11.6 Å². The lowest BCUT2D eigenvalue weighted by atomic mass is 9.83. The molecular weight excluding hydrogens is 248 g/mol. The van der Waals surface area contributed by atoms with Crippen LogP contribution in [0.15, 0.2) is 24.3 Å². The first-order valence-electron chi connectivity index (χ1n) is 6.36. The molecule has 1 aromatic carbocycles. The van der Waals surface area contributed by atoms with Crippen molar-refractivity contribution in [1.29, 1.82) is 0 Å². The van der Waals surface area contributed by atoms with Gasteiger partial charge in [0.25, 0.3) is 0 Å². The van der Waals surface area contributed by atoms with Gasteiger partial charge in [-0.1, -0.05) is 36.6 Å². The van der Waals surface area contributed by atoms with Crippen molar-refractivity contribution in [3.8, 4) is 0 Å². The fourth-order valence-corrected chi connectivity index (χ4v) is 2.89. The highest BCUT2D eigenvalue weighted by atomic mass is 35.5. The van der Waals surface area contributed by atoms with Gasteiger partial charge < -0.3 is 11.1 Å². The van der Waals surface area contributed by atoms with E-state index in [0.717, 1.165) is 31.4 Å². The number of amides is 1. The van der Waals surface area contributed by atoms with Gasteiger partial charge in [0.2, 0.25) is 5.91 Å². The average molecular weight is 267 g/mol. The number of carbonyl (C=O) groups is 1. The Balaban J connectivity index is 2.26. The summed E-state index contributed by atoms with van der Waals surface area (Å²) in [5.41, 5.74) is 5.65. The molecule has 0 saturated heterocycles. The molecule has 0 radical (unpaired) electrons. The fraction of sp³-hybridized carbons (Fsp3) is 0.500. The van der Waals surface area contributed by atoms with E-state index in [2.05, 4.69) is 5.32 Å². The van der Waals surface area contributed by atoms with Crippen molar-refractivity contribution in [2.75, 3.05) is 5.32 Å². The molecule has 18 heavy (non-hydrogen) atoms. The van der Waals surface area contributed by atoms with Gasteiger partial charge in [0.1, 0.15) is 5.54 Å². The second-order valence-electron chi connectivity index (χ2n) is 5.15. The number of primary amides is 1. The highest BCUT2D eigenvalue weighted by molar-refractivity contribution is 6.33. The minimum Gasteiger partial charge on any atom is -0.370 e. The van der Waals surface area contributed by atoms with Crippen LogP contribution in [-0.4, -0.2) is 11.4 Å². The largest absolute Gasteiger partial charge is 0.370 e. The molecule has 1 saturated carbocycles. The van der Waals surface area contributed by atoms with Crippen LogP contribution in [0.4, 0.5) is 5.69 Å². The van der Waals surface area contributed by atoms with E-state index in [1.54, 1.807) is 6.07 Å². The van der Waals surface area contributed by atoms with Crippen LogP contribution in [0.25, 0.3) is 0 Å². The molecule has 0 bridgehead atoms. The van der Waals surface area contributed by atoms with E-state index >= 15 is 0 Å². The van der Waals surface area contributed by atoms with Crippen molar-refractivity contribution in [2.24, 2.45) is 11.7 Å². The van der Waals surface area contributed by atoms with Gasteiger partial charge in [0.05, 0.1) is 10.7 Å². The van der Waals surface area contributed by atoms with E-state index in [4.69, 9.17) is 17.3 Å². The van der Waals surface area contributed by atoms with Crippen LogP contribution < -0.4 is 11.1 Å². The molecule has 1 amide bonds. The number of carbonyl (C=O) groups excluding carboxylic acids is 1. The smallest absolute Gasteiger partial charge is 0.243 e. The van der Waals surface area contributed by atoms with Gasteiger partial charge in [0.15, 0.2) is 0 Å². The van der Waals surface area contributed by atoms with Crippen molar-refractivity contribution >= 4 is 23.2 Å². The Kier molecular flexibility index (Phi) is 3.81. The highest BCUT2D eigenvalue weighted by Crippen LogP contribution is 2.37. The third kappa shape index (κ3) is 2.46. The minimum absolute atomic E-state index is 0.284. The third-order valence-corrected chi connectivity index (χ3v) is 4.28. The van der Waals surface area contributed by atoms with Gasteiger partial charge in [-0.05, 0) is 37.8 Å². The number of nitrogens with one attached hydrogen (secondary N) is 1. The summed E-state index contributed by atoms with van der Waals surface area (Å²) in [6.07, 6.45) is 4.41. The van der Waals surface area contributed by atoms with Crippen molar-refractivity contribution in [3.05, 3.63) is 29.3 Å². The van der Waals surface area contributed by atoms with Crippen LogP contribution in [0.5, 0.6) is 0 Å². The Morgan fingerprint density at radius 2 is 2.00 bits per heavy atom. The molecule has 1 unspecified atom stereocenters. The summed E-state index contributed by atoms with van der Waals surface area (Å²) >= 11 is 6.13. The van der Waals surface area contributed by atoms with Gasteiger partial charge in [0, 0.05) is 0 Å². The topological polar surface area (TPSA) is 55.1 Å². The third-order valence-electron chi connectivity index (χ3n) is 3.95. The normalized spacial score (nSPS) is 19.4. The molecule has 2 rings (SSSR count). The second-order valence-corrected chi connectivity index (χ2v) is 5.56. The number of hydrogen-bond acceptors (Lipinski definition) is 2. The standard InChI is InChI=1S/C14H19ClN2O/c1-14(13(16)18,10-6-2-3-7-10)17-12-9-5-4-8-11(12)15/h4-5,8-10,17H,2-3,6-7H2,1H3,(H2,16,18). The molecule has 1 aliphatic rings. The lowest BCUT2D eigenvalue weighted by Crippen LogP contribution is -2.53. The fourth-order valence-electron chi connectivity index (χ4n) is 2.71. The van der Waals surface area contributed by atoms with Gasteiger partial charge in [-0.15, -0.1) is 0 Å². The molecule has 3 nitrogen and oxygen atoms in total. The van der Waals surface area contributed by atoms with E-state index in [1.807, 2.05) is 25.1 Å². The second kappa shape index (κ2) is 5.19. The van der Waals surface area contributed by atoms with Crippen LogP contribution in [0.1, 0.15) is 32.6 Å². The van der Waals surface area contributed by atoms with Crippen LogP contribution in [0.3, 0.4) is 0 Å². The van der Waals surface area contributed by atoms with Gasteiger partial charge in [-0.3, -0.25) is 4.79 Å². The van der Waals surface area contributed by atoms with Crippen LogP contribution in [-0.2, 0) is 4.79 Å². The first-order valence-corrected chi connectivity index (χ1v) is 6.74. The Labute approximate surface area is 113 Å². The lowest BCUT2D eigenvalue weighted by Gasteiger charge is -2.34. The monoisotopic (exact) mass is 266 g/mol. The highest BCUT2D eigenvalue weighted by Gasteiger charge is 2.41. The van der Waals surface area contributed by atoms with Crippen molar-refractivity contribution in [2.45, 2.75) is 38.1 Å². The van der Waals surface area contributed by atoms with E-state index in [1.165, 1.54) is 0 Å². The van der Waals surface area contributed by atoms with Crippen LogP contribution in [0.2, 0.25) is 5.02 Å². The summed E-state index contributed by atoms with van der Waals surface area (Å²) < 4.78 is 0. The molecule has 1 atom stereocenters. The molecule has 0 spiro atoms. The molecule has 1 aromatic rings. The average Bonchev–Trinajstić information content (AvgIpc) is 2.86. The number of benzene rings is 1. The molecule has 0 aromatic heterocycles. The van der Waals surface area contributed by atoms with E-state index in [-0.39, 0.29) is 11.8 Å². The number of para-hydroxylation sites is 1. The number of hydrogen-bond donors (Lipinski definition) is 2. The van der Waals surface area contributed by atoms with Gasteiger partial charge in [-0.2, -0.15) is 0 Å². The maximum absolute atomic E-state index is 11.8. The zero-order chi connectivity index (χ0) is 13.2. The van der Waals surface area contributed by atoms with E-state index in [0.29, 0.717) is 5.02 Å². The maximum Gasteiger partial charge on any atom is 0.243 e. The van der Waals surface area contributed by atoms with Gasteiger partial charge in [-0.25, -0.2) is 0 Å². The predicted molar refractivity (Wildman–Crippen MR) is 74.6 cm³/mol. The number of rotatable bonds is 4. The molecule has 4 heteroatoms. The molecule has 3 N–H and O–H groups in total. The summed E-state index contributed by atoms with van der Waals surface area (Å²) in [7, 11) is 0. The first kappa shape index (κ1) is 13.2. The van der Waals surface area contributed by atoms with Gasteiger partial charge >= 0.3 is 0 Å². The Morgan fingerprint density at radius 3 is 2.56 bits per heavy atom. The molecule has 0 aliphatic heterocycles. The molecule has 1 aliphatic carbocycles. The minimum atomic E-state index is -0.721. The Morgan fingerprint density at radius 1 is 1.39 bits per heavy atom. The molecule has 98 valence electrons. The summed E-state index contributed by atoms with van der Waals surface area (Å²) in [5.74, 6) is -0.0272. The quantitative estimate of drug-likeness (QED) is 0.879. The van der Waals surface area contributed by atoms with E-state index < -0.39 is 5.54 Å². The van der Waals surface area contributed by atoms with Crippen molar-refractivity contribution in [1.82, 2.24) is 0 Å². The summed E-state index contributed by atoms with van der Waals surface area (Å²) in [6, 6.07) is 7.44. The Hall–Kier alpha value is -1.22. The first-order chi connectivity index (χ1) is 8.54. The number of halogens is 1. The van der Waals surface area contributed by atoms with Crippen molar-refractivity contribution in [3.63, 3.8) is 0 Å². The summed E-state index contributed by atoms with van der Waals surface area (Å²) in [4.78, 5) is 11.8. The zero-order valence-corrected chi connectivity index (χ0v) is 11.3. The molecule has 1 fully saturated rings. The molecule has 0 heterocycles. The Bertz CT molecular complexity index is 443. The van der Waals surface area contributed by atoms with Crippen molar-refractivity contribution < 1.29 is 4.79 Å². The summed E-state index contributed by atoms with van der Waals surface area (Å²) in [6.45, 7) is 1.88. The maximum atomic E-state index is 11.8. The van der Waals surface area contributed by atoms with E-state index in [9.17, 15) is 4.79 Å². The predicted octanol–water partition coefficient (Wildman–Crippen LogP) is 3.19. The van der Waals surface area contributed by atoms with Crippen LogP contribution in [0, 0.1) is 5.92 Å².